The molecule has 0 unspecified atom stereocenters. The number of likely N-dealkylation sites (N-methyl/N-ethyl adjacent to an activating group) is 1. The molecule has 0 aliphatic carbocycles. The zero-order chi connectivity index (χ0) is 21.4. The van der Waals surface area contributed by atoms with Crippen LogP contribution in [-0.4, -0.2) is 47.3 Å². The van der Waals surface area contributed by atoms with Gasteiger partial charge in [0.05, 0.1) is 36.7 Å². The van der Waals surface area contributed by atoms with Crippen LogP contribution in [0.4, 0.5) is 9.18 Å². The zero-order valence-electron chi connectivity index (χ0n) is 16.5. The third kappa shape index (κ3) is 3.42. The van der Waals surface area contributed by atoms with Crippen molar-refractivity contribution >= 4 is 17.8 Å². The van der Waals surface area contributed by atoms with Crippen LogP contribution in [0.5, 0.6) is 0 Å². The van der Waals surface area contributed by atoms with Crippen molar-refractivity contribution in [2.75, 3.05) is 13.6 Å². The number of hydrogen-bond donors (Lipinski definition) is 2. The average Bonchev–Trinajstić information content (AvgIpc) is 3.36. The largest absolute Gasteiger partial charge is 0.467 e. The Morgan fingerprint density at radius 3 is 2.83 bits per heavy atom. The van der Waals surface area contributed by atoms with E-state index in [2.05, 4.69) is 10.6 Å². The summed E-state index contributed by atoms with van der Waals surface area (Å²) >= 11 is 0. The minimum Gasteiger partial charge on any atom is -0.467 e. The molecule has 3 heterocycles. The first-order chi connectivity index (χ1) is 14.4. The van der Waals surface area contributed by atoms with Crippen molar-refractivity contribution in [2.24, 2.45) is 0 Å². The highest BCUT2D eigenvalue weighted by molar-refractivity contribution is 6.03. The van der Waals surface area contributed by atoms with Crippen molar-refractivity contribution in [1.82, 2.24) is 20.4 Å². The lowest BCUT2D eigenvalue weighted by atomic mass is 9.95. The Hall–Kier alpha value is -3.62. The van der Waals surface area contributed by atoms with Crippen LogP contribution in [0, 0.1) is 5.82 Å². The van der Waals surface area contributed by atoms with Gasteiger partial charge in [-0.3, -0.25) is 14.5 Å². The van der Waals surface area contributed by atoms with Crippen molar-refractivity contribution in [1.29, 1.82) is 0 Å². The van der Waals surface area contributed by atoms with E-state index in [1.165, 1.54) is 34.3 Å². The molecule has 2 atom stereocenters. The lowest BCUT2D eigenvalue weighted by Gasteiger charge is -2.31. The van der Waals surface area contributed by atoms with Crippen molar-refractivity contribution in [3.05, 3.63) is 71.1 Å². The summed E-state index contributed by atoms with van der Waals surface area (Å²) in [6, 6.07) is 7.27. The summed E-state index contributed by atoms with van der Waals surface area (Å²) in [4.78, 5) is 41.0. The minimum atomic E-state index is -0.782. The molecular weight excluding hydrogens is 391 g/mol. The molecule has 0 saturated carbocycles. The van der Waals surface area contributed by atoms with Gasteiger partial charge in [0, 0.05) is 7.05 Å². The maximum absolute atomic E-state index is 13.8. The van der Waals surface area contributed by atoms with Gasteiger partial charge in [-0.05, 0) is 36.8 Å². The number of carbonyl (C=O) groups excluding carboxylic acids is 3. The van der Waals surface area contributed by atoms with Crippen molar-refractivity contribution in [3.8, 4) is 0 Å². The normalized spacial score (nSPS) is 19.6. The minimum absolute atomic E-state index is 0.110. The van der Waals surface area contributed by atoms with E-state index in [1.807, 2.05) is 0 Å². The number of benzene rings is 1. The first-order valence-corrected chi connectivity index (χ1v) is 9.50. The molecule has 2 aromatic rings. The molecule has 0 spiro atoms. The highest BCUT2D eigenvalue weighted by Gasteiger charge is 2.45. The zero-order valence-corrected chi connectivity index (χ0v) is 16.5. The number of urea groups is 1. The molecule has 1 aromatic heterocycles. The summed E-state index contributed by atoms with van der Waals surface area (Å²) in [7, 11) is 1.56. The predicted octanol–water partition coefficient (Wildman–Crippen LogP) is 1.92. The highest BCUT2D eigenvalue weighted by atomic mass is 19.1. The van der Waals surface area contributed by atoms with Crippen LogP contribution in [-0.2, 0) is 16.1 Å². The second kappa shape index (κ2) is 7.66. The van der Waals surface area contributed by atoms with Crippen LogP contribution >= 0.6 is 0 Å². The van der Waals surface area contributed by atoms with E-state index >= 15 is 0 Å². The van der Waals surface area contributed by atoms with Gasteiger partial charge in [0.25, 0.3) is 5.91 Å². The Labute approximate surface area is 172 Å². The second-order valence-corrected chi connectivity index (χ2v) is 7.26. The van der Waals surface area contributed by atoms with E-state index in [0.29, 0.717) is 22.6 Å². The van der Waals surface area contributed by atoms with Gasteiger partial charge in [0.2, 0.25) is 5.91 Å². The quantitative estimate of drug-likeness (QED) is 0.785. The molecule has 156 valence electrons. The van der Waals surface area contributed by atoms with E-state index in [0.717, 1.165) is 0 Å². The number of halogens is 1. The Kier molecular flexibility index (Phi) is 5.03. The Bertz CT molecular complexity index is 1030. The molecule has 30 heavy (non-hydrogen) atoms. The highest BCUT2D eigenvalue weighted by Crippen LogP contribution is 2.36. The van der Waals surface area contributed by atoms with Crippen LogP contribution < -0.4 is 10.6 Å². The summed E-state index contributed by atoms with van der Waals surface area (Å²) in [6.07, 6.45) is 1.51. The number of hydrogen-bond acceptors (Lipinski definition) is 4. The average molecular weight is 412 g/mol. The second-order valence-electron chi connectivity index (χ2n) is 7.26. The van der Waals surface area contributed by atoms with E-state index in [4.69, 9.17) is 4.42 Å². The van der Waals surface area contributed by atoms with Gasteiger partial charge in [-0.15, -0.1) is 0 Å². The molecule has 0 bridgehead atoms. The maximum atomic E-state index is 13.8. The lowest BCUT2D eigenvalue weighted by Crippen LogP contribution is -2.46. The number of rotatable bonds is 5. The number of nitrogens with zero attached hydrogens (tertiary/aromatic N) is 2. The van der Waals surface area contributed by atoms with Crippen LogP contribution in [0.25, 0.3) is 0 Å². The van der Waals surface area contributed by atoms with Gasteiger partial charge in [-0.2, -0.15) is 0 Å². The van der Waals surface area contributed by atoms with Crippen molar-refractivity contribution in [3.63, 3.8) is 0 Å². The van der Waals surface area contributed by atoms with Crippen molar-refractivity contribution < 1.29 is 23.2 Å². The monoisotopic (exact) mass is 412 g/mol. The Balaban J connectivity index is 1.56. The first kappa shape index (κ1) is 19.7. The summed E-state index contributed by atoms with van der Waals surface area (Å²) in [6.45, 7) is 1.94. The number of amides is 4. The third-order valence-electron chi connectivity index (χ3n) is 5.43. The molecule has 4 rings (SSSR count). The van der Waals surface area contributed by atoms with Gasteiger partial charge < -0.3 is 20.0 Å². The molecule has 9 heteroatoms. The number of carbonyl (C=O) groups is 3. The Morgan fingerprint density at radius 1 is 1.33 bits per heavy atom. The Morgan fingerprint density at radius 2 is 2.13 bits per heavy atom. The lowest BCUT2D eigenvalue weighted by molar-refractivity contribution is -0.135. The number of nitrogens with one attached hydrogen (secondary N) is 2. The van der Waals surface area contributed by atoms with E-state index < -0.39 is 23.9 Å². The van der Waals surface area contributed by atoms with Crippen LogP contribution in [0.1, 0.15) is 24.3 Å². The van der Waals surface area contributed by atoms with Crippen LogP contribution in [0.2, 0.25) is 0 Å². The van der Waals surface area contributed by atoms with Crippen LogP contribution in [0.3, 0.4) is 0 Å². The summed E-state index contributed by atoms with van der Waals surface area (Å²) in [5.41, 5.74) is 1.31. The van der Waals surface area contributed by atoms with Gasteiger partial charge in [0.15, 0.2) is 0 Å². The van der Waals surface area contributed by atoms with Gasteiger partial charge in [-0.1, -0.05) is 12.1 Å². The van der Waals surface area contributed by atoms with E-state index in [-0.39, 0.29) is 24.9 Å². The molecule has 8 nitrogen and oxygen atoms in total. The van der Waals surface area contributed by atoms with Crippen LogP contribution in [0.15, 0.2) is 58.3 Å². The predicted molar refractivity (Wildman–Crippen MR) is 104 cm³/mol. The SMILES string of the molecule is C[C@@H](C(=O)NCc1ccco1)N1CC2=C(C1=O)[C@H](c1cccc(F)c1)NC(=O)N2C. The van der Waals surface area contributed by atoms with Gasteiger partial charge in [-0.25, -0.2) is 9.18 Å². The fourth-order valence-corrected chi connectivity index (χ4v) is 3.71. The first-order valence-electron chi connectivity index (χ1n) is 9.50. The van der Waals surface area contributed by atoms with Gasteiger partial charge in [0.1, 0.15) is 17.6 Å². The summed E-state index contributed by atoms with van der Waals surface area (Å²) in [5.74, 6) is -0.576. The molecule has 0 saturated heterocycles. The smallest absolute Gasteiger partial charge is 0.322 e. The molecular formula is C21H21FN4O4. The molecule has 0 radical (unpaired) electrons. The molecule has 2 aliphatic heterocycles. The topological polar surface area (TPSA) is 94.9 Å². The fourth-order valence-electron chi connectivity index (χ4n) is 3.71. The fraction of sp³-hybridized carbons (Fsp3) is 0.286. The third-order valence-corrected chi connectivity index (χ3v) is 5.43. The summed E-state index contributed by atoms with van der Waals surface area (Å²) in [5, 5.41) is 5.49. The standard InChI is InChI=1S/C21H21FN4O4/c1-12(19(27)23-10-15-7-4-8-30-15)26-11-16-17(20(26)28)18(24-21(29)25(16)2)13-5-3-6-14(22)9-13/h3-9,12,18H,10-11H2,1-2H3,(H,23,27)(H,24,29)/t12-,18-/m0/s1. The van der Waals surface area contributed by atoms with Crippen molar-refractivity contribution in [2.45, 2.75) is 25.6 Å². The molecule has 1 aromatic carbocycles. The molecule has 2 aliphatic rings. The van der Waals surface area contributed by atoms with E-state index in [1.54, 1.807) is 32.2 Å². The molecule has 0 fully saturated rings. The number of furan rings is 1. The maximum Gasteiger partial charge on any atom is 0.322 e. The molecule has 4 amide bonds. The van der Waals surface area contributed by atoms with Gasteiger partial charge >= 0.3 is 6.03 Å². The van der Waals surface area contributed by atoms with E-state index in [9.17, 15) is 18.8 Å². The summed E-state index contributed by atoms with van der Waals surface area (Å²) < 4.78 is 19.0. The molecule has 2 N–H and O–H groups in total.